The monoisotopic (exact) mass is 1000 g/mol. The predicted molar refractivity (Wildman–Crippen MR) is 318 cm³/mol. The Bertz CT molecular complexity index is 998. The van der Waals surface area contributed by atoms with Crippen molar-refractivity contribution in [3.63, 3.8) is 0 Å². The summed E-state index contributed by atoms with van der Waals surface area (Å²) >= 11 is 0. The van der Waals surface area contributed by atoms with E-state index in [4.69, 9.17) is 0 Å². The summed E-state index contributed by atoms with van der Waals surface area (Å²) in [5, 5.41) is 23.2. The first-order chi connectivity index (χ1) is 35.2. The number of unbranched alkanes of at least 4 members (excludes halogenated alkanes) is 56. The summed E-state index contributed by atoms with van der Waals surface area (Å²) in [5.74, 6) is -0.0540. The Hall–Kier alpha value is -0.870. The van der Waals surface area contributed by atoms with Crippen LogP contribution in [0.4, 0.5) is 0 Å². The lowest BCUT2D eigenvalue weighted by Gasteiger charge is -2.20. The molecule has 0 radical (unpaired) electrons. The van der Waals surface area contributed by atoms with Gasteiger partial charge >= 0.3 is 0 Å². The van der Waals surface area contributed by atoms with E-state index in [2.05, 4.69) is 19.2 Å². The number of amides is 1. The molecule has 0 saturated carbocycles. The molecule has 0 rings (SSSR count). The van der Waals surface area contributed by atoms with Gasteiger partial charge in [0.05, 0.1) is 18.8 Å². The van der Waals surface area contributed by atoms with E-state index in [0.717, 1.165) is 25.7 Å². The molecule has 4 heteroatoms. The van der Waals surface area contributed by atoms with Gasteiger partial charge in [-0.2, -0.15) is 0 Å². The quantitative estimate of drug-likeness (QED) is 0.0420. The molecule has 3 N–H and O–H groups in total. The van der Waals surface area contributed by atoms with Crippen LogP contribution >= 0.6 is 0 Å². The minimum absolute atomic E-state index is 0.0540. The van der Waals surface area contributed by atoms with Crippen molar-refractivity contribution in [2.24, 2.45) is 0 Å². The molecule has 0 spiro atoms. The molecular weight excluding hydrogens is 867 g/mol. The number of allylic oxidation sites excluding steroid dienone is 1. The third-order valence-electron chi connectivity index (χ3n) is 16.0. The van der Waals surface area contributed by atoms with E-state index < -0.39 is 12.1 Å². The number of hydrogen-bond donors (Lipinski definition) is 3. The molecule has 0 bridgehead atoms. The average Bonchev–Trinajstić information content (AvgIpc) is 3.37. The molecule has 0 heterocycles. The molecule has 0 aromatic heterocycles. The SMILES string of the molecule is CCCCCCCCCCCCCCCCCCCCC/C=C/C(O)C(CO)NC(=O)CCCCCCCCCCCCCCCCCCCCCCCCCCCCCCCCCCCCCCCC. The second-order valence-corrected chi connectivity index (χ2v) is 23.3. The van der Waals surface area contributed by atoms with E-state index >= 15 is 0 Å². The van der Waals surface area contributed by atoms with Crippen LogP contribution in [0, 0.1) is 0 Å². The van der Waals surface area contributed by atoms with Crippen molar-refractivity contribution >= 4 is 5.91 Å². The topological polar surface area (TPSA) is 69.6 Å². The Labute approximate surface area is 447 Å². The first kappa shape index (κ1) is 70.1. The fourth-order valence-corrected chi connectivity index (χ4v) is 11.0. The fraction of sp³-hybridized carbons (Fsp3) is 0.955. The van der Waals surface area contributed by atoms with Crippen LogP contribution < -0.4 is 5.32 Å². The van der Waals surface area contributed by atoms with Crippen molar-refractivity contribution in [2.45, 2.75) is 405 Å². The van der Waals surface area contributed by atoms with E-state index in [0.29, 0.717) is 6.42 Å². The average molecular weight is 1000 g/mol. The molecule has 0 aliphatic rings. The van der Waals surface area contributed by atoms with Gasteiger partial charge in [-0.05, 0) is 19.3 Å². The van der Waals surface area contributed by atoms with E-state index in [-0.39, 0.29) is 12.5 Å². The van der Waals surface area contributed by atoms with Crippen LogP contribution in [0.25, 0.3) is 0 Å². The van der Waals surface area contributed by atoms with Gasteiger partial charge in [0.25, 0.3) is 0 Å². The molecule has 1 amide bonds. The van der Waals surface area contributed by atoms with Crippen molar-refractivity contribution in [3.05, 3.63) is 12.2 Å². The van der Waals surface area contributed by atoms with Crippen LogP contribution in [0.5, 0.6) is 0 Å². The largest absolute Gasteiger partial charge is 0.394 e. The molecule has 0 aromatic carbocycles. The van der Waals surface area contributed by atoms with Gasteiger partial charge in [0, 0.05) is 6.42 Å². The summed E-state index contributed by atoms with van der Waals surface area (Å²) in [5.41, 5.74) is 0. The smallest absolute Gasteiger partial charge is 0.220 e. The van der Waals surface area contributed by atoms with Gasteiger partial charge in [0.1, 0.15) is 0 Å². The van der Waals surface area contributed by atoms with Crippen LogP contribution in [-0.4, -0.2) is 34.9 Å². The zero-order chi connectivity index (χ0) is 51.3. The van der Waals surface area contributed by atoms with E-state index in [9.17, 15) is 15.0 Å². The Kier molecular flexibility index (Phi) is 62.6. The van der Waals surface area contributed by atoms with Crippen LogP contribution in [-0.2, 0) is 4.79 Å². The molecule has 0 fully saturated rings. The van der Waals surface area contributed by atoms with Gasteiger partial charge in [0.15, 0.2) is 0 Å². The number of carbonyl (C=O) groups excluding carboxylic acids is 1. The lowest BCUT2D eigenvalue weighted by molar-refractivity contribution is -0.123. The lowest BCUT2D eigenvalue weighted by Crippen LogP contribution is -2.45. The molecule has 0 aliphatic carbocycles. The third-order valence-corrected chi connectivity index (χ3v) is 16.0. The van der Waals surface area contributed by atoms with Crippen molar-refractivity contribution in [1.82, 2.24) is 5.32 Å². The van der Waals surface area contributed by atoms with Gasteiger partial charge < -0.3 is 15.5 Å². The highest BCUT2D eigenvalue weighted by atomic mass is 16.3. The molecule has 2 unspecified atom stereocenters. The summed E-state index contributed by atoms with van der Waals surface area (Å²) in [6.07, 6.45) is 84.4. The molecule has 0 aliphatic heterocycles. The molecule has 0 aromatic rings. The maximum atomic E-state index is 12.5. The molecule has 4 nitrogen and oxygen atoms in total. The van der Waals surface area contributed by atoms with E-state index in [1.54, 1.807) is 6.08 Å². The highest BCUT2D eigenvalue weighted by Crippen LogP contribution is 2.19. The fourth-order valence-electron chi connectivity index (χ4n) is 11.0. The normalized spacial score (nSPS) is 12.7. The molecule has 2 atom stereocenters. The van der Waals surface area contributed by atoms with Crippen molar-refractivity contribution < 1.29 is 15.0 Å². The summed E-state index contributed by atoms with van der Waals surface area (Å²) in [4.78, 5) is 12.5. The predicted octanol–water partition coefficient (Wildman–Crippen LogP) is 22.4. The van der Waals surface area contributed by atoms with Crippen LogP contribution in [0.1, 0.15) is 393 Å². The Morgan fingerprint density at radius 2 is 0.521 bits per heavy atom. The minimum atomic E-state index is -0.836. The molecule has 0 saturated heterocycles. The second kappa shape index (κ2) is 63.4. The first-order valence-corrected chi connectivity index (χ1v) is 33.4. The molecular formula is C67H133NO3. The standard InChI is InChI=1S/C67H133NO3/c1-3-5-7-9-11-13-15-17-19-21-23-25-26-27-28-29-30-31-32-33-34-35-36-37-38-39-40-41-43-45-47-49-51-53-55-57-59-61-63-67(71)68-65(64-69)66(70)62-60-58-56-54-52-50-48-46-44-42-24-22-20-18-16-14-12-10-8-6-4-2/h60,62,65-66,69-70H,3-59,61,63-64H2,1-2H3,(H,68,71)/b62-60+. The zero-order valence-electron chi connectivity index (χ0n) is 49.0. The maximum absolute atomic E-state index is 12.5. The maximum Gasteiger partial charge on any atom is 0.220 e. The second-order valence-electron chi connectivity index (χ2n) is 23.3. The van der Waals surface area contributed by atoms with E-state index in [1.165, 1.54) is 347 Å². The van der Waals surface area contributed by atoms with E-state index in [1.807, 2.05) is 6.08 Å². The number of hydrogen-bond acceptors (Lipinski definition) is 3. The summed E-state index contributed by atoms with van der Waals surface area (Å²) in [6, 6.07) is -0.619. The van der Waals surface area contributed by atoms with Gasteiger partial charge in [0.2, 0.25) is 5.91 Å². The van der Waals surface area contributed by atoms with Gasteiger partial charge in [-0.1, -0.05) is 379 Å². The van der Waals surface area contributed by atoms with Crippen molar-refractivity contribution in [3.8, 4) is 0 Å². The number of carbonyl (C=O) groups is 1. The van der Waals surface area contributed by atoms with Gasteiger partial charge in [-0.3, -0.25) is 4.79 Å². The third kappa shape index (κ3) is 59.9. The summed E-state index contributed by atoms with van der Waals surface area (Å²) in [7, 11) is 0. The van der Waals surface area contributed by atoms with Crippen LogP contribution in [0.2, 0.25) is 0 Å². The molecule has 424 valence electrons. The van der Waals surface area contributed by atoms with Crippen molar-refractivity contribution in [2.75, 3.05) is 6.61 Å². The Morgan fingerprint density at radius 1 is 0.324 bits per heavy atom. The Balaban J connectivity index is 3.37. The zero-order valence-corrected chi connectivity index (χ0v) is 49.0. The van der Waals surface area contributed by atoms with Crippen LogP contribution in [0.3, 0.4) is 0 Å². The minimum Gasteiger partial charge on any atom is -0.394 e. The van der Waals surface area contributed by atoms with Gasteiger partial charge in [-0.25, -0.2) is 0 Å². The highest BCUT2D eigenvalue weighted by molar-refractivity contribution is 5.76. The molecule has 71 heavy (non-hydrogen) atoms. The van der Waals surface area contributed by atoms with Gasteiger partial charge in [-0.15, -0.1) is 0 Å². The lowest BCUT2D eigenvalue weighted by atomic mass is 10.0. The number of rotatable bonds is 63. The van der Waals surface area contributed by atoms with Crippen LogP contribution in [0.15, 0.2) is 12.2 Å². The summed E-state index contributed by atoms with van der Waals surface area (Å²) < 4.78 is 0. The first-order valence-electron chi connectivity index (χ1n) is 33.4. The number of aliphatic hydroxyl groups excluding tert-OH is 2. The number of nitrogens with one attached hydrogen (secondary N) is 1. The van der Waals surface area contributed by atoms with Crippen molar-refractivity contribution in [1.29, 1.82) is 0 Å². The highest BCUT2D eigenvalue weighted by Gasteiger charge is 2.18. The number of aliphatic hydroxyl groups is 2. The Morgan fingerprint density at radius 3 is 0.732 bits per heavy atom. The summed E-state index contributed by atoms with van der Waals surface area (Å²) in [6.45, 7) is 4.36.